The molecular weight excluding hydrogens is 461 g/mol. The second kappa shape index (κ2) is 10.8. The van der Waals surface area contributed by atoms with Crippen LogP contribution in [0.3, 0.4) is 0 Å². The van der Waals surface area contributed by atoms with Gasteiger partial charge in [0.2, 0.25) is 5.91 Å². The predicted molar refractivity (Wildman–Crippen MR) is 130 cm³/mol. The first-order chi connectivity index (χ1) is 16.1. The van der Waals surface area contributed by atoms with Crippen molar-refractivity contribution in [3.63, 3.8) is 0 Å². The van der Waals surface area contributed by atoms with Gasteiger partial charge >= 0.3 is 0 Å². The maximum atomic E-state index is 14.3. The fraction of sp³-hybridized carbons (Fsp3) is 0.440. The molecule has 184 valence electrons. The maximum Gasteiger partial charge on any atom is 0.253 e. The third kappa shape index (κ3) is 5.25. The number of β-amino-alcohol motifs (C(OH)–C–C–N with tert-alkyl or cyclic N) is 1. The molecule has 9 heteroatoms. The monoisotopic (exact) mass is 491 g/mol. The average Bonchev–Trinajstić information content (AvgIpc) is 2.77. The number of hydrogen-bond acceptors (Lipinski definition) is 5. The van der Waals surface area contributed by atoms with E-state index in [2.05, 4.69) is 24.5 Å². The molecule has 2 aromatic rings. The zero-order chi connectivity index (χ0) is 25.0. The van der Waals surface area contributed by atoms with Crippen molar-refractivity contribution in [1.29, 1.82) is 0 Å². The number of aliphatic hydroxyl groups excluding tert-OH is 1. The number of likely N-dealkylation sites (tertiary alicyclic amines) is 1. The van der Waals surface area contributed by atoms with E-state index in [-0.39, 0.29) is 34.7 Å². The summed E-state index contributed by atoms with van der Waals surface area (Å²) in [4.78, 5) is 28.1. The number of amides is 2. The number of anilines is 1. The van der Waals surface area contributed by atoms with Crippen molar-refractivity contribution in [1.82, 2.24) is 10.2 Å². The first-order valence-electron chi connectivity index (χ1n) is 11.1. The van der Waals surface area contributed by atoms with Crippen LogP contribution < -0.4 is 10.6 Å². The van der Waals surface area contributed by atoms with Crippen molar-refractivity contribution in [3.8, 4) is 0 Å². The lowest BCUT2D eigenvalue weighted by Gasteiger charge is -2.50. The van der Waals surface area contributed by atoms with Crippen LogP contribution in [0.15, 0.2) is 36.4 Å². The van der Waals surface area contributed by atoms with Crippen LogP contribution in [-0.4, -0.2) is 68.3 Å². The molecule has 0 radical (unpaired) electrons. The van der Waals surface area contributed by atoms with E-state index in [0.29, 0.717) is 19.6 Å². The number of rotatable bonds is 9. The molecule has 0 unspecified atom stereocenters. The van der Waals surface area contributed by atoms with Gasteiger partial charge in [0, 0.05) is 33.8 Å². The van der Waals surface area contributed by atoms with Gasteiger partial charge in [-0.3, -0.25) is 14.5 Å². The van der Waals surface area contributed by atoms with Crippen LogP contribution >= 0.6 is 11.6 Å². The highest BCUT2D eigenvalue weighted by Crippen LogP contribution is 2.40. The Balaban J connectivity index is 1.99. The molecule has 0 bridgehead atoms. The quantitative estimate of drug-likeness (QED) is 0.501. The van der Waals surface area contributed by atoms with Gasteiger partial charge in [0.25, 0.3) is 5.91 Å². The Morgan fingerprint density at radius 1 is 1.26 bits per heavy atom. The SMILES string of the molecule is CNC(=O)c1cc(Cl)c(F)cc1NC(=O)C1(c2ccccc2C(C)C)CN(C[C@@H](O)COC)C1. The minimum absolute atomic E-state index is 0.0468. The second-order valence-corrected chi connectivity index (χ2v) is 9.36. The van der Waals surface area contributed by atoms with Crippen molar-refractivity contribution in [2.24, 2.45) is 0 Å². The molecule has 1 aliphatic rings. The van der Waals surface area contributed by atoms with Gasteiger partial charge in [0.15, 0.2) is 0 Å². The third-order valence-corrected chi connectivity index (χ3v) is 6.42. The first kappa shape index (κ1) is 26.1. The molecule has 7 nitrogen and oxygen atoms in total. The van der Waals surface area contributed by atoms with E-state index in [4.69, 9.17) is 16.3 Å². The summed E-state index contributed by atoms with van der Waals surface area (Å²) >= 11 is 5.89. The zero-order valence-electron chi connectivity index (χ0n) is 19.8. The Morgan fingerprint density at radius 3 is 2.56 bits per heavy atom. The third-order valence-electron chi connectivity index (χ3n) is 6.13. The molecule has 0 spiro atoms. The number of aliphatic hydroxyl groups is 1. The Morgan fingerprint density at radius 2 is 1.94 bits per heavy atom. The number of nitrogens with zero attached hydrogens (tertiary/aromatic N) is 1. The summed E-state index contributed by atoms with van der Waals surface area (Å²) in [6, 6.07) is 10.0. The molecule has 1 heterocycles. The molecule has 0 saturated carbocycles. The lowest BCUT2D eigenvalue weighted by Crippen LogP contribution is -2.66. The molecule has 0 aliphatic carbocycles. The largest absolute Gasteiger partial charge is 0.389 e. The fourth-order valence-corrected chi connectivity index (χ4v) is 4.64. The molecule has 1 aliphatic heterocycles. The summed E-state index contributed by atoms with van der Waals surface area (Å²) in [7, 11) is 2.96. The van der Waals surface area contributed by atoms with Crippen LogP contribution in [0, 0.1) is 5.82 Å². The molecule has 34 heavy (non-hydrogen) atoms. The van der Waals surface area contributed by atoms with Gasteiger partial charge in [0.1, 0.15) is 5.82 Å². The average molecular weight is 492 g/mol. The standard InChI is InChI=1S/C25H31ClFN3O4/c1-15(2)17-7-5-6-8-19(17)25(13-30(14-25)11-16(31)12-34-4)24(33)29-22-10-21(27)20(26)9-18(22)23(32)28-3/h5-10,15-16,31H,11-14H2,1-4H3,(H,28,32)(H,29,33)/t16-/m1/s1. The first-order valence-corrected chi connectivity index (χ1v) is 11.5. The Hall–Kier alpha value is -2.52. The molecular formula is C25H31ClFN3O4. The second-order valence-electron chi connectivity index (χ2n) is 8.95. The van der Waals surface area contributed by atoms with Crippen molar-refractivity contribution in [2.75, 3.05) is 45.7 Å². The van der Waals surface area contributed by atoms with Crippen LogP contribution in [0.2, 0.25) is 5.02 Å². The highest BCUT2D eigenvalue weighted by atomic mass is 35.5. The Bertz CT molecular complexity index is 1060. The van der Waals surface area contributed by atoms with E-state index in [9.17, 15) is 19.1 Å². The molecule has 1 saturated heterocycles. The molecule has 2 amide bonds. The van der Waals surface area contributed by atoms with Crippen LogP contribution in [-0.2, 0) is 14.9 Å². The summed E-state index contributed by atoms with van der Waals surface area (Å²) in [5, 5.41) is 15.2. The fourth-order valence-electron chi connectivity index (χ4n) is 4.48. The maximum absolute atomic E-state index is 14.3. The number of halogens is 2. The summed E-state index contributed by atoms with van der Waals surface area (Å²) in [6.45, 7) is 5.37. The summed E-state index contributed by atoms with van der Waals surface area (Å²) < 4.78 is 19.3. The van der Waals surface area contributed by atoms with Gasteiger partial charge in [-0.25, -0.2) is 4.39 Å². The molecule has 3 N–H and O–H groups in total. The van der Waals surface area contributed by atoms with Crippen LogP contribution in [0.4, 0.5) is 10.1 Å². The van der Waals surface area contributed by atoms with Gasteiger partial charge in [-0.15, -0.1) is 0 Å². The summed E-state index contributed by atoms with van der Waals surface area (Å²) in [5.41, 5.74) is 1.08. The normalized spacial score (nSPS) is 16.1. The van der Waals surface area contributed by atoms with Crippen molar-refractivity contribution < 1.29 is 23.8 Å². The number of methoxy groups -OCH3 is 1. The zero-order valence-corrected chi connectivity index (χ0v) is 20.6. The van der Waals surface area contributed by atoms with Gasteiger partial charge in [0.05, 0.1) is 34.4 Å². The highest BCUT2D eigenvalue weighted by Gasteiger charge is 2.52. The number of hydrogen-bond donors (Lipinski definition) is 3. The summed E-state index contributed by atoms with van der Waals surface area (Å²) in [6.07, 6.45) is -0.684. The van der Waals surface area contributed by atoms with Gasteiger partial charge in [-0.1, -0.05) is 49.7 Å². The van der Waals surface area contributed by atoms with Crippen molar-refractivity contribution >= 4 is 29.1 Å². The molecule has 3 rings (SSSR count). The van der Waals surface area contributed by atoms with Gasteiger partial charge < -0.3 is 20.5 Å². The molecule has 1 atom stereocenters. The number of carbonyl (C=O) groups excluding carboxylic acids is 2. The van der Waals surface area contributed by atoms with Crippen LogP contribution in [0.25, 0.3) is 0 Å². The lowest BCUT2D eigenvalue weighted by atomic mass is 9.69. The number of nitrogens with one attached hydrogen (secondary N) is 2. The Labute approximate surface area is 204 Å². The van der Waals surface area contributed by atoms with Crippen molar-refractivity contribution in [2.45, 2.75) is 31.3 Å². The van der Waals surface area contributed by atoms with E-state index >= 15 is 0 Å². The van der Waals surface area contributed by atoms with E-state index in [0.717, 1.165) is 17.2 Å². The Kier molecular flexibility index (Phi) is 8.30. The van der Waals surface area contributed by atoms with E-state index in [1.807, 2.05) is 29.2 Å². The van der Waals surface area contributed by atoms with Gasteiger partial charge in [-0.05, 0) is 29.2 Å². The smallest absolute Gasteiger partial charge is 0.253 e. The minimum Gasteiger partial charge on any atom is -0.389 e. The topological polar surface area (TPSA) is 90.9 Å². The van der Waals surface area contributed by atoms with Crippen molar-refractivity contribution in [3.05, 3.63) is 63.9 Å². The number of benzene rings is 2. The lowest BCUT2D eigenvalue weighted by molar-refractivity contribution is -0.129. The van der Waals surface area contributed by atoms with E-state index < -0.39 is 23.2 Å². The number of carbonyl (C=O) groups is 2. The molecule has 1 fully saturated rings. The van der Waals surface area contributed by atoms with E-state index in [1.54, 1.807) is 0 Å². The predicted octanol–water partition coefficient (Wildman–Crippen LogP) is 3.16. The molecule has 2 aromatic carbocycles. The highest BCUT2D eigenvalue weighted by molar-refractivity contribution is 6.31. The minimum atomic E-state index is -0.941. The summed E-state index contributed by atoms with van der Waals surface area (Å²) in [5.74, 6) is -1.42. The van der Waals surface area contributed by atoms with Crippen LogP contribution in [0.1, 0.15) is 41.3 Å². The van der Waals surface area contributed by atoms with Crippen LogP contribution in [0.5, 0.6) is 0 Å². The van der Waals surface area contributed by atoms with Gasteiger partial charge in [-0.2, -0.15) is 0 Å². The van der Waals surface area contributed by atoms with E-state index in [1.165, 1.54) is 20.2 Å². The molecule has 0 aromatic heterocycles. The number of ether oxygens (including phenoxy) is 1.